The SMILES string of the molecule is O=C(NC1CCN(C(=O)c2cn[nH]c2-c2ccccc2)CC1)c1ccccc1. The topological polar surface area (TPSA) is 78.1 Å². The van der Waals surface area contributed by atoms with Gasteiger partial charge in [-0.15, -0.1) is 0 Å². The van der Waals surface area contributed by atoms with Crippen LogP contribution in [0, 0.1) is 0 Å². The summed E-state index contributed by atoms with van der Waals surface area (Å²) in [6.07, 6.45) is 3.07. The third-order valence-corrected chi connectivity index (χ3v) is 5.09. The van der Waals surface area contributed by atoms with E-state index in [9.17, 15) is 9.59 Å². The summed E-state index contributed by atoms with van der Waals surface area (Å²) in [5.41, 5.74) is 2.92. The van der Waals surface area contributed by atoms with Crippen LogP contribution in [0.2, 0.25) is 0 Å². The van der Waals surface area contributed by atoms with Gasteiger partial charge in [0.15, 0.2) is 0 Å². The van der Waals surface area contributed by atoms with Crippen molar-refractivity contribution in [2.75, 3.05) is 13.1 Å². The summed E-state index contributed by atoms with van der Waals surface area (Å²) in [4.78, 5) is 27.1. The molecular weight excluding hydrogens is 352 g/mol. The molecule has 1 aliphatic heterocycles. The first-order chi connectivity index (χ1) is 13.7. The monoisotopic (exact) mass is 374 g/mol. The zero-order valence-corrected chi connectivity index (χ0v) is 15.5. The predicted molar refractivity (Wildman–Crippen MR) is 107 cm³/mol. The molecule has 0 radical (unpaired) electrons. The second kappa shape index (κ2) is 8.08. The largest absolute Gasteiger partial charge is 0.349 e. The first-order valence-corrected chi connectivity index (χ1v) is 9.46. The molecule has 1 fully saturated rings. The van der Waals surface area contributed by atoms with Crippen molar-refractivity contribution < 1.29 is 9.59 Å². The number of amides is 2. The van der Waals surface area contributed by atoms with Crippen LogP contribution in [0.15, 0.2) is 66.9 Å². The van der Waals surface area contributed by atoms with Gasteiger partial charge in [-0.2, -0.15) is 5.10 Å². The van der Waals surface area contributed by atoms with Gasteiger partial charge < -0.3 is 10.2 Å². The highest BCUT2D eigenvalue weighted by molar-refractivity contribution is 5.99. The Kier molecular flexibility index (Phi) is 5.19. The Morgan fingerprint density at radius 1 is 0.964 bits per heavy atom. The highest BCUT2D eigenvalue weighted by Crippen LogP contribution is 2.23. The van der Waals surface area contributed by atoms with Crippen molar-refractivity contribution in [3.63, 3.8) is 0 Å². The highest BCUT2D eigenvalue weighted by Gasteiger charge is 2.27. The lowest BCUT2D eigenvalue weighted by atomic mass is 10.0. The molecule has 0 saturated carbocycles. The van der Waals surface area contributed by atoms with E-state index in [-0.39, 0.29) is 17.9 Å². The van der Waals surface area contributed by atoms with Gasteiger partial charge in [0.2, 0.25) is 0 Å². The van der Waals surface area contributed by atoms with Gasteiger partial charge in [-0.1, -0.05) is 48.5 Å². The number of nitrogens with zero attached hydrogens (tertiary/aromatic N) is 2. The Labute approximate surface area is 163 Å². The van der Waals surface area contributed by atoms with E-state index in [1.165, 1.54) is 0 Å². The Hall–Kier alpha value is -3.41. The molecule has 142 valence electrons. The third-order valence-electron chi connectivity index (χ3n) is 5.09. The first kappa shape index (κ1) is 18.0. The number of carbonyl (C=O) groups excluding carboxylic acids is 2. The molecular formula is C22H22N4O2. The van der Waals surface area contributed by atoms with E-state index in [1.54, 1.807) is 18.3 Å². The summed E-state index contributed by atoms with van der Waals surface area (Å²) < 4.78 is 0. The molecule has 2 aromatic carbocycles. The van der Waals surface area contributed by atoms with E-state index in [0.29, 0.717) is 24.2 Å². The second-order valence-corrected chi connectivity index (χ2v) is 6.93. The van der Waals surface area contributed by atoms with E-state index in [1.807, 2.05) is 53.4 Å². The molecule has 0 aliphatic carbocycles. The molecule has 0 spiro atoms. The number of likely N-dealkylation sites (tertiary alicyclic amines) is 1. The van der Waals surface area contributed by atoms with Crippen LogP contribution in [0.5, 0.6) is 0 Å². The Bertz CT molecular complexity index is 945. The maximum atomic E-state index is 13.0. The Balaban J connectivity index is 1.38. The molecule has 0 unspecified atom stereocenters. The minimum atomic E-state index is -0.0634. The van der Waals surface area contributed by atoms with E-state index < -0.39 is 0 Å². The van der Waals surface area contributed by atoms with Crippen molar-refractivity contribution in [3.05, 3.63) is 78.0 Å². The summed E-state index contributed by atoms with van der Waals surface area (Å²) in [6, 6.07) is 19.0. The summed E-state index contributed by atoms with van der Waals surface area (Å²) in [7, 11) is 0. The van der Waals surface area contributed by atoms with Crippen molar-refractivity contribution in [2.45, 2.75) is 18.9 Å². The molecule has 6 nitrogen and oxygen atoms in total. The van der Waals surface area contributed by atoms with Gasteiger partial charge in [0.25, 0.3) is 11.8 Å². The maximum Gasteiger partial charge on any atom is 0.257 e. The van der Waals surface area contributed by atoms with Gasteiger partial charge in [-0.05, 0) is 25.0 Å². The fourth-order valence-electron chi connectivity index (χ4n) is 3.53. The summed E-state index contributed by atoms with van der Waals surface area (Å²) in [6.45, 7) is 1.22. The lowest BCUT2D eigenvalue weighted by Crippen LogP contribution is -2.46. The van der Waals surface area contributed by atoms with Crippen LogP contribution < -0.4 is 5.32 Å². The summed E-state index contributed by atoms with van der Waals surface area (Å²) >= 11 is 0. The predicted octanol–water partition coefficient (Wildman–Crippen LogP) is 3.11. The highest BCUT2D eigenvalue weighted by atomic mass is 16.2. The normalized spacial score (nSPS) is 14.6. The van der Waals surface area contributed by atoms with Crippen molar-refractivity contribution >= 4 is 11.8 Å². The number of H-pyrrole nitrogens is 1. The zero-order valence-electron chi connectivity index (χ0n) is 15.5. The fourth-order valence-corrected chi connectivity index (χ4v) is 3.53. The Morgan fingerprint density at radius 3 is 2.29 bits per heavy atom. The lowest BCUT2D eigenvalue weighted by molar-refractivity contribution is 0.0699. The van der Waals surface area contributed by atoms with Gasteiger partial charge in [0, 0.05) is 30.3 Å². The van der Waals surface area contributed by atoms with Gasteiger partial charge in [0.05, 0.1) is 17.5 Å². The average molecular weight is 374 g/mol. The van der Waals surface area contributed by atoms with Crippen LogP contribution >= 0.6 is 0 Å². The standard InChI is InChI=1S/C22H22N4O2/c27-21(17-9-5-2-6-10-17)24-18-11-13-26(14-12-18)22(28)19-15-23-25-20(19)16-7-3-1-4-8-16/h1-10,15,18H,11-14H2,(H,23,25)(H,24,27). The Morgan fingerprint density at radius 2 is 1.61 bits per heavy atom. The number of nitrogens with one attached hydrogen (secondary N) is 2. The number of carbonyl (C=O) groups is 2. The van der Waals surface area contributed by atoms with Crippen LogP contribution in [0.1, 0.15) is 33.6 Å². The van der Waals surface area contributed by atoms with Crippen LogP contribution in [-0.4, -0.2) is 46.0 Å². The summed E-state index contributed by atoms with van der Waals surface area (Å²) in [5, 5.41) is 10.1. The average Bonchev–Trinajstić information content (AvgIpc) is 3.25. The van der Waals surface area contributed by atoms with Gasteiger partial charge in [-0.3, -0.25) is 14.7 Å². The number of aromatic nitrogens is 2. The van der Waals surface area contributed by atoms with E-state index in [4.69, 9.17) is 0 Å². The number of hydrogen-bond acceptors (Lipinski definition) is 3. The van der Waals surface area contributed by atoms with Crippen molar-refractivity contribution in [3.8, 4) is 11.3 Å². The molecule has 3 aromatic rings. The number of piperidine rings is 1. The van der Waals surface area contributed by atoms with Crippen LogP contribution in [0.25, 0.3) is 11.3 Å². The van der Waals surface area contributed by atoms with E-state index in [0.717, 1.165) is 24.1 Å². The van der Waals surface area contributed by atoms with Crippen molar-refractivity contribution in [2.24, 2.45) is 0 Å². The minimum absolute atomic E-state index is 0.0274. The molecule has 1 aromatic heterocycles. The number of rotatable bonds is 4. The molecule has 2 N–H and O–H groups in total. The second-order valence-electron chi connectivity index (χ2n) is 6.93. The molecule has 0 atom stereocenters. The molecule has 2 heterocycles. The lowest BCUT2D eigenvalue weighted by Gasteiger charge is -2.32. The molecule has 1 saturated heterocycles. The molecule has 28 heavy (non-hydrogen) atoms. The first-order valence-electron chi connectivity index (χ1n) is 9.46. The smallest absolute Gasteiger partial charge is 0.257 e. The van der Waals surface area contributed by atoms with Crippen molar-refractivity contribution in [1.82, 2.24) is 20.4 Å². The third kappa shape index (κ3) is 3.81. The van der Waals surface area contributed by atoms with Gasteiger partial charge in [-0.25, -0.2) is 0 Å². The van der Waals surface area contributed by atoms with Crippen molar-refractivity contribution in [1.29, 1.82) is 0 Å². The molecule has 0 bridgehead atoms. The number of benzene rings is 2. The van der Waals surface area contributed by atoms with Crippen LogP contribution in [0.3, 0.4) is 0 Å². The maximum absolute atomic E-state index is 13.0. The minimum Gasteiger partial charge on any atom is -0.349 e. The molecule has 2 amide bonds. The van der Waals surface area contributed by atoms with E-state index in [2.05, 4.69) is 15.5 Å². The fraction of sp³-hybridized carbons (Fsp3) is 0.227. The van der Waals surface area contributed by atoms with Gasteiger partial charge in [0.1, 0.15) is 0 Å². The van der Waals surface area contributed by atoms with Crippen LogP contribution in [-0.2, 0) is 0 Å². The number of aromatic amines is 1. The quantitative estimate of drug-likeness (QED) is 0.737. The molecule has 6 heteroatoms. The van der Waals surface area contributed by atoms with Gasteiger partial charge >= 0.3 is 0 Å². The van der Waals surface area contributed by atoms with E-state index >= 15 is 0 Å². The molecule has 1 aliphatic rings. The zero-order chi connectivity index (χ0) is 19.3. The number of hydrogen-bond donors (Lipinski definition) is 2. The molecule has 4 rings (SSSR count). The summed E-state index contributed by atoms with van der Waals surface area (Å²) in [5.74, 6) is -0.0907. The van der Waals surface area contributed by atoms with Crippen LogP contribution in [0.4, 0.5) is 0 Å².